The lowest BCUT2D eigenvalue weighted by atomic mass is 9.45. The summed E-state index contributed by atoms with van der Waals surface area (Å²) in [6.07, 6.45) is 12.3. The minimum atomic E-state index is 0.352. The molecule has 2 nitrogen and oxygen atoms in total. The fourth-order valence-corrected chi connectivity index (χ4v) is 7.61. The number of Topliss-reactive ketones (excluding diaryl/α,β-unsaturated/α-hetero) is 1. The summed E-state index contributed by atoms with van der Waals surface area (Å²) in [7, 11) is 1.91. The summed E-state index contributed by atoms with van der Waals surface area (Å²) in [5.74, 6) is 3.56. The second-order valence-electron chi connectivity index (χ2n) is 9.62. The van der Waals surface area contributed by atoms with E-state index in [1.807, 2.05) is 7.11 Å². The maximum atomic E-state index is 12.4. The van der Waals surface area contributed by atoms with Gasteiger partial charge in [0.15, 0.2) is 5.78 Å². The summed E-state index contributed by atoms with van der Waals surface area (Å²) < 4.78 is 5.89. The molecule has 4 fully saturated rings. The molecule has 0 N–H and O–H groups in total. The van der Waals surface area contributed by atoms with Crippen molar-refractivity contribution >= 4 is 5.78 Å². The van der Waals surface area contributed by atoms with Crippen LogP contribution in [0.3, 0.4) is 0 Å². The lowest BCUT2D eigenvalue weighted by molar-refractivity contribution is -0.136. The highest BCUT2D eigenvalue weighted by atomic mass is 16.5. The molecular formula is C22H34O2. The predicted octanol–water partition coefficient (Wildman–Crippen LogP) is 5.17. The van der Waals surface area contributed by atoms with Crippen LogP contribution >= 0.6 is 0 Å². The van der Waals surface area contributed by atoms with Crippen LogP contribution in [-0.4, -0.2) is 19.0 Å². The molecule has 0 radical (unpaired) electrons. The minimum Gasteiger partial charge on any atom is -0.381 e. The summed E-state index contributed by atoms with van der Waals surface area (Å²) in [5, 5.41) is 0. The summed E-state index contributed by atoms with van der Waals surface area (Å²) >= 11 is 0. The Bertz CT molecular complexity index is 564. The molecule has 2 heteroatoms. The molecular weight excluding hydrogens is 296 g/mol. The van der Waals surface area contributed by atoms with Crippen LogP contribution in [0.25, 0.3) is 0 Å². The van der Waals surface area contributed by atoms with Crippen molar-refractivity contribution in [1.82, 2.24) is 0 Å². The third-order valence-electron chi connectivity index (χ3n) is 8.97. The van der Waals surface area contributed by atoms with E-state index < -0.39 is 0 Å². The van der Waals surface area contributed by atoms with Crippen LogP contribution < -0.4 is 0 Å². The van der Waals surface area contributed by atoms with Crippen molar-refractivity contribution in [1.29, 1.82) is 0 Å². The van der Waals surface area contributed by atoms with Crippen LogP contribution in [0.2, 0.25) is 0 Å². The third kappa shape index (κ3) is 2.14. The molecule has 0 spiro atoms. The lowest BCUT2D eigenvalue weighted by Gasteiger charge is -2.60. The molecule has 24 heavy (non-hydrogen) atoms. The molecule has 0 saturated heterocycles. The van der Waals surface area contributed by atoms with Crippen LogP contribution in [0.15, 0.2) is 11.6 Å². The van der Waals surface area contributed by atoms with Gasteiger partial charge >= 0.3 is 0 Å². The normalized spacial score (nSPS) is 52.8. The van der Waals surface area contributed by atoms with Gasteiger partial charge in [0.05, 0.1) is 6.10 Å². The van der Waals surface area contributed by atoms with Gasteiger partial charge in [-0.25, -0.2) is 0 Å². The molecule has 0 heterocycles. The number of ether oxygens (including phenoxy) is 1. The van der Waals surface area contributed by atoms with E-state index in [2.05, 4.69) is 26.8 Å². The van der Waals surface area contributed by atoms with E-state index in [-0.39, 0.29) is 0 Å². The molecule has 4 saturated carbocycles. The van der Waals surface area contributed by atoms with Gasteiger partial charge in [0, 0.05) is 13.5 Å². The zero-order chi connectivity index (χ0) is 17.1. The molecule has 0 bridgehead atoms. The molecule has 134 valence electrons. The zero-order valence-electron chi connectivity index (χ0n) is 15.9. The van der Waals surface area contributed by atoms with E-state index in [4.69, 9.17) is 4.74 Å². The molecule has 0 aromatic heterocycles. The lowest BCUT2D eigenvalue weighted by Crippen LogP contribution is -2.54. The Kier molecular flexibility index (Phi) is 3.99. The quantitative estimate of drug-likeness (QED) is 0.620. The predicted molar refractivity (Wildman–Crippen MR) is 96.7 cm³/mol. The molecule has 0 amide bonds. The summed E-state index contributed by atoms with van der Waals surface area (Å²) in [6, 6.07) is 0. The summed E-state index contributed by atoms with van der Waals surface area (Å²) in [5.41, 5.74) is 1.86. The number of fused-ring (bicyclic) bond motifs is 5. The molecule has 0 aromatic carbocycles. The highest BCUT2D eigenvalue weighted by Gasteiger charge is 2.60. The van der Waals surface area contributed by atoms with E-state index in [0.717, 1.165) is 36.2 Å². The number of allylic oxidation sites excluding steroid dienone is 2. The van der Waals surface area contributed by atoms with Gasteiger partial charge in [-0.1, -0.05) is 19.9 Å². The van der Waals surface area contributed by atoms with Gasteiger partial charge < -0.3 is 4.74 Å². The van der Waals surface area contributed by atoms with E-state index in [1.165, 1.54) is 38.5 Å². The second-order valence-corrected chi connectivity index (χ2v) is 9.62. The smallest absolute Gasteiger partial charge is 0.158 e. The number of hydrogen-bond acceptors (Lipinski definition) is 2. The molecule has 4 aliphatic rings. The van der Waals surface area contributed by atoms with Gasteiger partial charge in [-0.2, -0.15) is 0 Å². The van der Waals surface area contributed by atoms with E-state index >= 15 is 0 Å². The Labute approximate surface area is 147 Å². The van der Waals surface area contributed by atoms with Crippen molar-refractivity contribution in [3.8, 4) is 0 Å². The minimum absolute atomic E-state index is 0.352. The molecule has 0 aliphatic heterocycles. The maximum Gasteiger partial charge on any atom is 0.158 e. The first-order valence-corrected chi connectivity index (χ1v) is 10.1. The van der Waals surface area contributed by atoms with Crippen molar-refractivity contribution in [2.24, 2.45) is 34.5 Å². The number of carbonyl (C=O) groups excluding carboxylic acids is 1. The number of hydrogen-bond donors (Lipinski definition) is 0. The van der Waals surface area contributed by atoms with Gasteiger partial charge in [-0.3, -0.25) is 4.79 Å². The van der Waals surface area contributed by atoms with Crippen LogP contribution in [0.5, 0.6) is 0 Å². The van der Waals surface area contributed by atoms with Crippen LogP contribution in [-0.2, 0) is 9.53 Å². The van der Waals surface area contributed by atoms with E-state index in [1.54, 1.807) is 0 Å². The van der Waals surface area contributed by atoms with Gasteiger partial charge in [-0.05, 0) is 91.9 Å². The van der Waals surface area contributed by atoms with Crippen molar-refractivity contribution < 1.29 is 9.53 Å². The highest BCUT2D eigenvalue weighted by molar-refractivity contribution is 5.96. The Hall–Kier alpha value is -0.630. The molecule has 0 aromatic rings. The van der Waals surface area contributed by atoms with Crippen molar-refractivity contribution in [3.63, 3.8) is 0 Å². The van der Waals surface area contributed by atoms with Gasteiger partial charge in [0.25, 0.3) is 0 Å². The average molecular weight is 331 g/mol. The number of methoxy groups -OCH3 is 1. The number of carbonyl (C=O) groups is 1. The fourth-order valence-electron chi connectivity index (χ4n) is 7.61. The van der Waals surface area contributed by atoms with E-state index in [9.17, 15) is 4.79 Å². The molecule has 7 atom stereocenters. The topological polar surface area (TPSA) is 26.3 Å². The summed E-state index contributed by atoms with van der Waals surface area (Å²) in [4.78, 5) is 12.4. The second kappa shape index (κ2) is 5.69. The zero-order valence-corrected chi connectivity index (χ0v) is 15.9. The Morgan fingerprint density at radius 3 is 2.50 bits per heavy atom. The fraction of sp³-hybridized carbons (Fsp3) is 0.864. The van der Waals surface area contributed by atoms with Crippen LogP contribution in [0, 0.1) is 34.5 Å². The van der Waals surface area contributed by atoms with Gasteiger partial charge in [-0.15, -0.1) is 0 Å². The largest absolute Gasteiger partial charge is 0.381 e. The summed E-state index contributed by atoms with van der Waals surface area (Å²) in [6.45, 7) is 7.08. The van der Waals surface area contributed by atoms with E-state index in [0.29, 0.717) is 28.6 Å². The third-order valence-corrected chi connectivity index (χ3v) is 8.97. The highest BCUT2D eigenvalue weighted by Crippen LogP contribution is 2.66. The maximum absolute atomic E-state index is 12.4. The molecule has 0 unspecified atom stereocenters. The standard InChI is InChI=1S/C22H34O2/c1-5-14-13-22(3)15(12-19(14)23)6-7-16-17-8-9-20(24-4)21(17,2)11-10-18(16)22/h5,15-18,20H,6-13H2,1-4H3/b14-5-/t15-,16-,17-,18-,20-,21-,22-/m0/s1. The Morgan fingerprint density at radius 2 is 1.79 bits per heavy atom. The van der Waals surface area contributed by atoms with Gasteiger partial charge in [0.2, 0.25) is 0 Å². The first-order chi connectivity index (χ1) is 11.4. The van der Waals surface area contributed by atoms with Crippen LogP contribution in [0.4, 0.5) is 0 Å². The first-order valence-electron chi connectivity index (χ1n) is 10.1. The number of ketones is 1. The monoisotopic (exact) mass is 330 g/mol. The molecule has 4 aliphatic carbocycles. The van der Waals surface area contributed by atoms with Crippen molar-refractivity contribution in [2.45, 2.75) is 78.2 Å². The van der Waals surface area contributed by atoms with Crippen molar-refractivity contribution in [2.75, 3.05) is 7.11 Å². The first kappa shape index (κ1) is 16.8. The van der Waals surface area contributed by atoms with Crippen molar-refractivity contribution in [3.05, 3.63) is 11.6 Å². The Balaban J connectivity index is 1.65. The van der Waals surface area contributed by atoms with Crippen LogP contribution in [0.1, 0.15) is 72.1 Å². The molecule has 4 rings (SSSR count). The Morgan fingerprint density at radius 1 is 1.04 bits per heavy atom. The SMILES string of the molecule is C/C=C1/C[C@@]2(C)[C@@H](CC[C@@H]3[C@@H]2CC[C@]2(C)[C@@H](OC)CC[C@@H]32)CC1=O. The van der Waals surface area contributed by atoms with Gasteiger partial charge in [0.1, 0.15) is 0 Å². The average Bonchev–Trinajstić information content (AvgIpc) is 2.91. The number of rotatable bonds is 1.